The first kappa shape index (κ1) is 55.5. The molecule has 0 bridgehead atoms. The van der Waals surface area contributed by atoms with Gasteiger partial charge in [0.25, 0.3) is 0 Å². The number of carboxylic acids is 1. The fourth-order valence-electron chi connectivity index (χ4n) is 7.05. The van der Waals surface area contributed by atoms with E-state index in [0.717, 1.165) is 57.8 Å². The summed E-state index contributed by atoms with van der Waals surface area (Å²) >= 11 is 0. The van der Waals surface area contributed by atoms with Crippen LogP contribution in [0, 0.1) is 0 Å². The Morgan fingerprint density at radius 1 is 0.534 bits per heavy atom. The van der Waals surface area contributed by atoms with Gasteiger partial charge in [0.05, 0.1) is 40.3 Å². The molecule has 0 saturated carbocycles. The first-order valence-electron chi connectivity index (χ1n) is 24.0. The molecule has 0 rings (SSSR count). The van der Waals surface area contributed by atoms with Crippen LogP contribution in [0.3, 0.4) is 0 Å². The Morgan fingerprint density at radius 2 is 0.966 bits per heavy atom. The number of carboxylic acid groups (broad SMARTS) is 1. The molecule has 58 heavy (non-hydrogen) atoms. The molecule has 0 aliphatic heterocycles. The minimum atomic E-state index is -1.13. The first-order valence-corrected chi connectivity index (χ1v) is 24.0. The van der Waals surface area contributed by atoms with E-state index in [1.165, 1.54) is 122 Å². The maximum absolute atomic E-state index is 12.8. The van der Waals surface area contributed by atoms with Crippen LogP contribution < -0.4 is 5.11 Å². The van der Waals surface area contributed by atoms with Gasteiger partial charge in [-0.25, -0.2) is 0 Å². The highest BCUT2D eigenvalue weighted by Gasteiger charge is 2.25. The summed E-state index contributed by atoms with van der Waals surface area (Å²) in [6.45, 7) is 4.56. The van der Waals surface area contributed by atoms with Crippen molar-refractivity contribution in [3.05, 3.63) is 36.5 Å². The number of rotatable bonds is 43. The molecule has 0 spiro atoms. The van der Waals surface area contributed by atoms with Crippen molar-refractivity contribution in [2.75, 3.05) is 41.0 Å². The lowest BCUT2D eigenvalue weighted by Crippen LogP contribution is -2.55. The van der Waals surface area contributed by atoms with Gasteiger partial charge in [0.1, 0.15) is 12.6 Å². The van der Waals surface area contributed by atoms with Crippen LogP contribution in [0.1, 0.15) is 213 Å². The number of hydrogen-bond acceptors (Lipinski definition) is 7. The zero-order chi connectivity index (χ0) is 42.8. The van der Waals surface area contributed by atoms with Crippen LogP contribution in [0.4, 0.5) is 0 Å². The lowest BCUT2D eigenvalue weighted by molar-refractivity contribution is -0.889. The summed E-state index contributed by atoms with van der Waals surface area (Å²) in [5, 5.41) is 11.6. The molecule has 0 aromatic heterocycles. The quantitative estimate of drug-likeness (QED) is 0.0261. The number of hydrogen-bond donors (Lipinski definition) is 0. The van der Waals surface area contributed by atoms with Crippen molar-refractivity contribution in [1.82, 2.24) is 0 Å². The molecule has 2 unspecified atom stereocenters. The molecule has 2 atom stereocenters. The van der Waals surface area contributed by atoms with Gasteiger partial charge >= 0.3 is 11.9 Å². The third-order valence-corrected chi connectivity index (χ3v) is 10.8. The first-order chi connectivity index (χ1) is 28.1. The fraction of sp³-hybridized carbons (Fsp3) is 0.820. The molecule has 0 heterocycles. The summed E-state index contributed by atoms with van der Waals surface area (Å²) in [6, 6.07) is -0.727. The topological polar surface area (TPSA) is 102 Å². The SMILES string of the molecule is CC/C=C/C/C=C/CCCCCCCCCC(=O)OCC(COCCC(C(=O)[O-])[N+](C)(C)C)OC(=O)CCCCCCCCC/C=C/CCCCCCCCCCC. The Morgan fingerprint density at radius 3 is 1.43 bits per heavy atom. The van der Waals surface area contributed by atoms with E-state index in [1.807, 2.05) is 0 Å². The molecular weight excluding hydrogens is 727 g/mol. The van der Waals surface area contributed by atoms with E-state index in [4.69, 9.17) is 14.2 Å². The predicted octanol–water partition coefficient (Wildman–Crippen LogP) is 12.1. The standard InChI is InChI=1S/C50H91NO7/c1-6-8-10-12-14-16-18-20-22-23-24-25-26-27-29-31-33-35-37-39-41-49(53)58-46(44-56-43-42-47(50(54)55)51(3,4)5)45-57-48(52)40-38-36-34-32-30-28-21-19-17-15-13-11-9-7-2/h9,11,15,17,24-25,46-47H,6-8,10,12-14,16,18-23,26-45H2,1-5H3/b11-9+,17-15+,25-24+. The van der Waals surface area contributed by atoms with Gasteiger partial charge in [0.15, 0.2) is 6.10 Å². The predicted molar refractivity (Wildman–Crippen MR) is 240 cm³/mol. The maximum atomic E-state index is 12.8. The number of allylic oxidation sites excluding steroid dienone is 6. The summed E-state index contributed by atoms with van der Waals surface area (Å²) in [5.41, 5.74) is 0. The number of ether oxygens (including phenoxy) is 3. The van der Waals surface area contributed by atoms with Crippen molar-refractivity contribution in [2.45, 2.75) is 225 Å². The van der Waals surface area contributed by atoms with E-state index < -0.39 is 18.1 Å². The van der Waals surface area contributed by atoms with Crippen molar-refractivity contribution < 1.29 is 38.2 Å². The largest absolute Gasteiger partial charge is 0.544 e. The molecule has 8 heteroatoms. The van der Waals surface area contributed by atoms with Crippen LogP contribution in [0.5, 0.6) is 0 Å². The molecule has 0 aromatic rings. The van der Waals surface area contributed by atoms with E-state index in [-0.39, 0.29) is 42.7 Å². The average molecular weight is 818 g/mol. The van der Waals surface area contributed by atoms with Crippen molar-refractivity contribution in [1.29, 1.82) is 0 Å². The van der Waals surface area contributed by atoms with Gasteiger partial charge in [-0.3, -0.25) is 9.59 Å². The lowest BCUT2D eigenvalue weighted by atomic mass is 10.1. The van der Waals surface area contributed by atoms with Gasteiger partial charge in [0, 0.05) is 19.3 Å². The van der Waals surface area contributed by atoms with Crippen LogP contribution in [-0.4, -0.2) is 75.5 Å². The summed E-state index contributed by atoms with van der Waals surface area (Å²) < 4.78 is 17.2. The average Bonchev–Trinajstić information content (AvgIpc) is 3.18. The molecule has 338 valence electrons. The molecule has 8 nitrogen and oxygen atoms in total. The van der Waals surface area contributed by atoms with Crippen LogP contribution in [0.2, 0.25) is 0 Å². The summed E-state index contributed by atoms with van der Waals surface area (Å²) in [5.74, 6) is -1.74. The number of carbonyl (C=O) groups excluding carboxylic acids is 3. The zero-order valence-electron chi connectivity index (χ0n) is 38.5. The zero-order valence-corrected chi connectivity index (χ0v) is 38.5. The normalized spacial score (nSPS) is 13.2. The molecule has 0 radical (unpaired) electrons. The maximum Gasteiger partial charge on any atom is 0.306 e. The van der Waals surface area contributed by atoms with Crippen LogP contribution in [-0.2, 0) is 28.6 Å². The lowest BCUT2D eigenvalue weighted by Gasteiger charge is -2.34. The second-order valence-corrected chi connectivity index (χ2v) is 17.3. The third kappa shape index (κ3) is 39.0. The van der Waals surface area contributed by atoms with E-state index >= 15 is 0 Å². The summed E-state index contributed by atoms with van der Waals surface area (Å²) in [7, 11) is 5.41. The number of carbonyl (C=O) groups is 3. The van der Waals surface area contributed by atoms with Gasteiger partial charge in [0.2, 0.25) is 0 Å². The Balaban J connectivity index is 4.27. The monoisotopic (exact) mass is 818 g/mol. The van der Waals surface area contributed by atoms with Gasteiger partial charge in [-0.15, -0.1) is 0 Å². The fourth-order valence-corrected chi connectivity index (χ4v) is 7.05. The molecule has 0 aromatic carbocycles. The smallest absolute Gasteiger partial charge is 0.306 e. The van der Waals surface area contributed by atoms with Crippen LogP contribution >= 0.6 is 0 Å². The minimum absolute atomic E-state index is 0.0378. The number of aliphatic carboxylic acids is 1. The van der Waals surface area contributed by atoms with Gasteiger partial charge in [-0.2, -0.15) is 0 Å². The van der Waals surface area contributed by atoms with Crippen molar-refractivity contribution in [2.24, 2.45) is 0 Å². The van der Waals surface area contributed by atoms with Crippen LogP contribution in [0.15, 0.2) is 36.5 Å². The van der Waals surface area contributed by atoms with Gasteiger partial charge in [-0.05, 0) is 64.2 Å². The Kier molecular flexibility index (Phi) is 39.5. The van der Waals surface area contributed by atoms with Crippen molar-refractivity contribution >= 4 is 17.9 Å². The molecule has 0 aliphatic rings. The van der Waals surface area contributed by atoms with E-state index in [0.29, 0.717) is 12.8 Å². The minimum Gasteiger partial charge on any atom is -0.544 e. The number of quaternary nitrogens is 1. The second-order valence-electron chi connectivity index (χ2n) is 17.3. The number of nitrogens with zero attached hydrogens (tertiary/aromatic N) is 1. The highest BCUT2D eigenvalue weighted by molar-refractivity contribution is 5.70. The summed E-state index contributed by atoms with van der Waals surface area (Å²) in [6.07, 6.45) is 47.4. The van der Waals surface area contributed by atoms with E-state index in [2.05, 4.69) is 50.3 Å². The van der Waals surface area contributed by atoms with Crippen molar-refractivity contribution in [3.8, 4) is 0 Å². The highest BCUT2D eigenvalue weighted by Crippen LogP contribution is 2.15. The highest BCUT2D eigenvalue weighted by atomic mass is 16.6. The molecule has 0 fully saturated rings. The van der Waals surface area contributed by atoms with Gasteiger partial charge < -0.3 is 28.6 Å². The van der Waals surface area contributed by atoms with E-state index in [9.17, 15) is 19.5 Å². The number of esters is 2. The second kappa shape index (κ2) is 41.3. The summed E-state index contributed by atoms with van der Waals surface area (Å²) in [4.78, 5) is 36.9. The third-order valence-electron chi connectivity index (χ3n) is 10.8. The Bertz CT molecular complexity index is 1050. The Labute approximate surface area is 357 Å². The van der Waals surface area contributed by atoms with Crippen molar-refractivity contribution in [3.63, 3.8) is 0 Å². The Hall–Kier alpha value is -2.45. The number of unbranched alkanes of at least 4 members (excludes halogenated alkanes) is 23. The van der Waals surface area contributed by atoms with E-state index in [1.54, 1.807) is 21.1 Å². The molecular formula is C50H91NO7. The van der Waals surface area contributed by atoms with Gasteiger partial charge in [-0.1, -0.05) is 166 Å². The molecule has 0 N–H and O–H groups in total. The molecule has 0 aliphatic carbocycles. The number of likely N-dealkylation sites (N-methyl/N-ethyl adjacent to an activating group) is 1. The van der Waals surface area contributed by atoms with Crippen LogP contribution in [0.25, 0.3) is 0 Å². The molecule has 0 saturated heterocycles. The molecule has 0 amide bonds.